The zero-order valence-electron chi connectivity index (χ0n) is 12.1. The van der Waals surface area contributed by atoms with E-state index < -0.39 is 0 Å². The maximum atomic E-state index is 12.1. The second-order valence-electron chi connectivity index (χ2n) is 5.36. The summed E-state index contributed by atoms with van der Waals surface area (Å²) in [6.07, 6.45) is 2.01. The molecule has 0 saturated heterocycles. The fraction of sp³-hybridized carbons (Fsp3) is 0.176. The number of benzene rings is 2. The first-order chi connectivity index (χ1) is 10.1. The molecular formula is C17H17N3O. The molecule has 1 amide bonds. The van der Waals surface area contributed by atoms with Crippen LogP contribution in [-0.4, -0.2) is 15.9 Å². The van der Waals surface area contributed by atoms with Crippen molar-refractivity contribution in [3.63, 3.8) is 0 Å². The Morgan fingerprint density at radius 3 is 2.67 bits per heavy atom. The van der Waals surface area contributed by atoms with Crippen molar-refractivity contribution >= 4 is 22.6 Å². The maximum absolute atomic E-state index is 12.1. The molecule has 1 heterocycles. The first kappa shape index (κ1) is 13.4. The quantitative estimate of drug-likeness (QED) is 0.772. The summed E-state index contributed by atoms with van der Waals surface area (Å²) < 4.78 is 0. The number of H-pyrrole nitrogens is 1. The largest absolute Gasteiger partial charge is 0.345 e. The molecule has 0 aliphatic carbocycles. The van der Waals surface area contributed by atoms with Gasteiger partial charge in [0.05, 0.1) is 23.8 Å². The maximum Gasteiger partial charge on any atom is 0.228 e. The molecular weight excluding hydrogens is 262 g/mol. The molecule has 0 saturated carbocycles. The molecule has 0 unspecified atom stereocenters. The number of aromatic amines is 1. The molecule has 0 bridgehead atoms. The standard InChI is InChI=1S/C17H17N3O/c1-11-5-12(2)7-14(6-11)20-17(21)9-13-3-4-15-16(8-13)19-10-18-15/h3-8,10H,9H2,1-2H3,(H,18,19)(H,20,21). The zero-order chi connectivity index (χ0) is 14.8. The number of aromatic nitrogens is 2. The molecule has 106 valence electrons. The molecule has 4 nitrogen and oxygen atoms in total. The summed E-state index contributed by atoms with van der Waals surface area (Å²) in [5, 5.41) is 2.95. The second kappa shape index (κ2) is 5.40. The molecule has 4 heteroatoms. The van der Waals surface area contributed by atoms with E-state index in [0.717, 1.165) is 33.4 Å². The number of nitrogens with one attached hydrogen (secondary N) is 2. The first-order valence-electron chi connectivity index (χ1n) is 6.90. The number of nitrogens with zero attached hydrogens (tertiary/aromatic N) is 1. The van der Waals surface area contributed by atoms with Crippen LogP contribution in [0, 0.1) is 13.8 Å². The summed E-state index contributed by atoms with van der Waals surface area (Å²) in [5.41, 5.74) is 5.96. The summed E-state index contributed by atoms with van der Waals surface area (Å²) in [6, 6.07) is 11.9. The molecule has 0 fully saturated rings. The molecule has 0 aliphatic rings. The summed E-state index contributed by atoms with van der Waals surface area (Å²) in [5.74, 6) is -0.0149. The average molecular weight is 279 g/mol. The highest BCUT2D eigenvalue weighted by molar-refractivity contribution is 5.93. The monoisotopic (exact) mass is 279 g/mol. The zero-order valence-corrected chi connectivity index (χ0v) is 12.1. The Morgan fingerprint density at radius 1 is 1.14 bits per heavy atom. The van der Waals surface area contributed by atoms with Crippen LogP contribution in [0.25, 0.3) is 11.0 Å². The fourth-order valence-corrected chi connectivity index (χ4v) is 2.53. The van der Waals surface area contributed by atoms with Crippen LogP contribution in [0.4, 0.5) is 5.69 Å². The van der Waals surface area contributed by atoms with Crippen LogP contribution in [0.2, 0.25) is 0 Å². The highest BCUT2D eigenvalue weighted by Gasteiger charge is 2.06. The number of amides is 1. The van der Waals surface area contributed by atoms with Gasteiger partial charge in [-0.05, 0) is 54.8 Å². The molecule has 2 N–H and O–H groups in total. The van der Waals surface area contributed by atoms with Crippen molar-refractivity contribution in [3.8, 4) is 0 Å². The Hall–Kier alpha value is -2.62. The second-order valence-corrected chi connectivity index (χ2v) is 5.36. The van der Waals surface area contributed by atoms with Gasteiger partial charge in [-0.25, -0.2) is 4.98 Å². The third-order valence-corrected chi connectivity index (χ3v) is 3.35. The number of imidazole rings is 1. The van der Waals surface area contributed by atoms with Gasteiger partial charge in [-0.3, -0.25) is 4.79 Å². The lowest BCUT2D eigenvalue weighted by Crippen LogP contribution is -2.14. The van der Waals surface area contributed by atoms with Crippen molar-refractivity contribution in [3.05, 3.63) is 59.4 Å². The predicted molar refractivity (Wildman–Crippen MR) is 84.3 cm³/mol. The number of rotatable bonds is 3. The minimum Gasteiger partial charge on any atom is -0.345 e. The average Bonchev–Trinajstić information content (AvgIpc) is 2.84. The molecule has 21 heavy (non-hydrogen) atoms. The van der Waals surface area contributed by atoms with Gasteiger partial charge in [0.2, 0.25) is 5.91 Å². The van der Waals surface area contributed by atoms with Crippen LogP contribution in [-0.2, 0) is 11.2 Å². The van der Waals surface area contributed by atoms with Gasteiger partial charge in [0.15, 0.2) is 0 Å². The highest BCUT2D eigenvalue weighted by Crippen LogP contribution is 2.15. The van der Waals surface area contributed by atoms with Crippen LogP contribution >= 0.6 is 0 Å². The van der Waals surface area contributed by atoms with Crippen molar-refractivity contribution in [1.29, 1.82) is 0 Å². The van der Waals surface area contributed by atoms with Gasteiger partial charge in [0.1, 0.15) is 0 Å². The van der Waals surface area contributed by atoms with Crippen LogP contribution < -0.4 is 5.32 Å². The van der Waals surface area contributed by atoms with Gasteiger partial charge in [0, 0.05) is 5.69 Å². The Kier molecular flexibility index (Phi) is 3.44. The van der Waals surface area contributed by atoms with E-state index in [2.05, 4.69) is 21.4 Å². The lowest BCUT2D eigenvalue weighted by molar-refractivity contribution is -0.115. The van der Waals surface area contributed by atoms with E-state index in [9.17, 15) is 4.79 Å². The van der Waals surface area contributed by atoms with Crippen molar-refractivity contribution in [2.75, 3.05) is 5.32 Å². The van der Waals surface area contributed by atoms with Gasteiger partial charge in [-0.15, -0.1) is 0 Å². The Labute approximate surface area is 123 Å². The van der Waals surface area contributed by atoms with Gasteiger partial charge in [0.25, 0.3) is 0 Å². The Balaban J connectivity index is 1.73. The lowest BCUT2D eigenvalue weighted by atomic mass is 10.1. The summed E-state index contributed by atoms with van der Waals surface area (Å²) in [4.78, 5) is 19.4. The van der Waals surface area contributed by atoms with E-state index in [-0.39, 0.29) is 5.91 Å². The van der Waals surface area contributed by atoms with Gasteiger partial charge in [-0.1, -0.05) is 12.1 Å². The van der Waals surface area contributed by atoms with Gasteiger partial charge < -0.3 is 10.3 Å². The van der Waals surface area contributed by atoms with Crippen LogP contribution in [0.5, 0.6) is 0 Å². The third-order valence-electron chi connectivity index (χ3n) is 3.35. The van der Waals surface area contributed by atoms with Gasteiger partial charge >= 0.3 is 0 Å². The number of fused-ring (bicyclic) bond motifs is 1. The number of anilines is 1. The molecule has 2 aromatic carbocycles. The summed E-state index contributed by atoms with van der Waals surface area (Å²) in [6.45, 7) is 4.05. The SMILES string of the molecule is Cc1cc(C)cc(NC(=O)Cc2ccc3nc[nH]c3c2)c1. The number of hydrogen-bond acceptors (Lipinski definition) is 2. The fourth-order valence-electron chi connectivity index (χ4n) is 2.53. The van der Waals surface area contributed by atoms with E-state index >= 15 is 0 Å². The molecule has 3 aromatic rings. The lowest BCUT2D eigenvalue weighted by Gasteiger charge is -2.07. The number of aryl methyl sites for hydroxylation is 2. The van der Waals surface area contributed by atoms with Crippen molar-refractivity contribution < 1.29 is 4.79 Å². The van der Waals surface area contributed by atoms with E-state index in [1.807, 2.05) is 44.2 Å². The molecule has 0 radical (unpaired) electrons. The summed E-state index contributed by atoms with van der Waals surface area (Å²) >= 11 is 0. The molecule has 3 rings (SSSR count). The first-order valence-corrected chi connectivity index (χ1v) is 6.90. The van der Waals surface area contributed by atoms with Crippen LogP contribution in [0.1, 0.15) is 16.7 Å². The van der Waals surface area contributed by atoms with E-state index in [1.165, 1.54) is 0 Å². The molecule has 0 aliphatic heterocycles. The molecule has 0 spiro atoms. The van der Waals surface area contributed by atoms with Crippen molar-refractivity contribution in [2.24, 2.45) is 0 Å². The third kappa shape index (κ3) is 3.11. The normalized spacial score (nSPS) is 10.8. The molecule has 1 aromatic heterocycles. The van der Waals surface area contributed by atoms with Crippen molar-refractivity contribution in [2.45, 2.75) is 20.3 Å². The van der Waals surface area contributed by atoms with Crippen LogP contribution in [0.3, 0.4) is 0 Å². The number of hydrogen-bond donors (Lipinski definition) is 2. The van der Waals surface area contributed by atoms with Gasteiger partial charge in [-0.2, -0.15) is 0 Å². The number of carbonyl (C=O) groups is 1. The van der Waals surface area contributed by atoms with E-state index in [1.54, 1.807) is 6.33 Å². The Bertz CT molecular complexity index is 784. The van der Waals surface area contributed by atoms with Crippen molar-refractivity contribution in [1.82, 2.24) is 9.97 Å². The van der Waals surface area contributed by atoms with E-state index in [4.69, 9.17) is 0 Å². The highest BCUT2D eigenvalue weighted by atomic mass is 16.1. The Morgan fingerprint density at radius 2 is 1.90 bits per heavy atom. The smallest absolute Gasteiger partial charge is 0.228 e. The summed E-state index contributed by atoms with van der Waals surface area (Å²) in [7, 11) is 0. The predicted octanol–water partition coefficient (Wildman–Crippen LogP) is 3.36. The topological polar surface area (TPSA) is 57.8 Å². The minimum absolute atomic E-state index is 0.0149. The minimum atomic E-state index is -0.0149. The van der Waals surface area contributed by atoms with Crippen LogP contribution in [0.15, 0.2) is 42.7 Å². The number of carbonyl (C=O) groups excluding carboxylic acids is 1. The molecule has 0 atom stereocenters. The van der Waals surface area contributed by atoms with E-state index in [0.29, 0.717) is 6.42 Å².